The molecule has 1 nitrogen and oxygen atoms in total. The Balaban J connectivity index is 1.94. The summed E-state index contributed by atoms with van der Waals surface area (Å²) in [6.07, 6.45) is 0. The van der Waals surface area contributed by atoms with Gasteiger partial charge in [0.05, 0.1) is 0 Å². The molecule has 0 bridgehead atoms. The van der Waals surface area contributed by atoms with Gasteiger partial charge in [-0.3, -0.25) is 0 Å². The van der Waals surface area contributed by atoms with Crippen molar-refractivity contribution in [2.45, 2.75) is 21.1 Å². The van der Waals surface area contributed by atoms with E-state index >= 15 is 0 Å². The summed E-state index contributed by atoms with van der Waals surface area (Å²) in [5, 5.41) is 0. The van der Waals surface area contributed by atoms with Crippen molar-refractivity contribution >= 4 is 0 Å². The zero-order valence-corrected chi connectivity index (χ0v) is 16.5. The normalized spacial score (nSPS) is 11.4. The summed E-state index contributed by atoms with van der Waals surface area (Å²) in [5.41, 5.74) is 4.22. The first kappa shape index (κ1) is 18.1. The monoisotopic (exact) mass is 366 g/mol. The van der Waals surface area contributed by atoms with Crippen LogP contribution in [0.4, 0.5) is 0 Å². The molecule has 0 aliphatic rings. The van der Waals surface area contributed by atoms with Crippen molar-refractivity contribution in [3.63, 3.8) is 0 Å². The van der Waals surface area contributed by atoms with E-state index in [1.807, 2.05) is 0 Å². The fourth-order valence-corrected chi connectivity index (χ4v) is 10.2. The van der Waals surface area contributed by atoms with Crippen LogP contribution in [0.5, 0.6) is 0 Å². The minimum absolute atomic E-state index is 0.798. The van der Waals surface area contributed by atoms with Crippen molar-refractivity contribution in [2.24, 2.45) is 0 Å². The Labute approximate surface area is 155 Å². The molecule has 3 aromatic rings. The first-order valence-electron chi connectivity index (χ1n) is 9.05. The van der Waals surface area contributed by atoms with E-state index in [1.165, 1.54) is 16.7 Å². The summed E-state index contributed by atoms with van der Waals surface area (Å²) < 4.78 is 9.92. The van der Waals surface area contributed by atoms with Crippen LogP contribution in [0.25, 0.3) is 0 Å². The first-order valence-corrected chi connectivity index (χ1v) is 13.0. The summed E-state index contributed by atoms with van der Waals surface area (Å²) in [7, 11) is 0. The van der Waals surface area contributed by atoms with Gasteiger partial charge in [0, 0.05) is 0 Å². The fraction of sp³-hybridized carbons (Fsp3) is 0.217. The van der Waals surface area contributed by atoms with Crippen LogP contribution >= 0.6 is 0 Å². The van der Waals surface area contributed by atoms with Gasteiger partial charge < -0.3 is 0 Å². The van der Waals surface area contributed by atoms with Crippen LogP contribution in [0.2, 0.25) is 0 Å². The van der Waals surface area contributed by atoms with Crippen LogP contribution < -0.4 is 0 Å². The maximum absolute atomic E-state index is 6.63. The predicted octanol–water partition coefficient (Wildman–Crippen LogP) is 5.69. The van der Waals surface area contributed by atoms with Crippen molar-refractivity contribution in [2.75, 3.05) is 6.61 Å². The Morgan fingerprint density at radius 1 is 0.560 bits per heavy atom. The molecule has 0 N–H and O–H groups in total. The summed E-state index contributed by atoms with van der Waals surface area (Å²) in [6, 6.07) is 32.6. The van der Waals surface area contributed by atoms with E-state index in [1.54, 1.807) is 0 Å². The van der Waals surface area contributed by atoms with Crippen molar-refractivity contribution < 1.29 is 20.3 Å². The maximum atomic E-state index is 6.63. The number of rotatable bonds is 8. The van der Waals surface area contributed by atoms with Gasteiger partial charge in [-0.05, 0) is 0 Å². The second-order valence-corrected chi connectivity index (χ2v) is 12.4. The molecular weight excluding hydrogens is 340 g/mol. The molecule has 25 heavy (non-hydrogen) atoms. The molecule has 0 radical (unpaired) electrons. The fourth-order valence-electron chi connectivity index (χ4n) is 3.55. The third-order valence-electron chi connectivity index (χ3n) is 4.56. The Bertz CT molecular complexity index is 639. The molecule has 0 heterocycles. The van der Waals surface area contributed by atoms with Gasteiger partial charge in [0.25, 0.3) is 0 Å². The molecule has 0 spiro atoms. The Morgan fingerprint density at radius 2 is 0.880 bits per heavy atom. The van der Waals surface area contributed by atoms with E-state index in [0.717, 1.165) is 20.8 Å². The molecule has 0 atom stereocenters. The van der Waals surface area contributed by atoms with Gasteiger partial charge in [-0.2, -0.15) is 0 Å². The zero-order valence-electron chi connectivity index (χ0n) is 14.9. The molecule has 0 aliphatic heterocycles. The second kappa shape index (κ2) is 9.15. The third kappa shape index (κ3) is 5.41. The predicted molar refractivity (Wildman–Crippen MR) is 102 cm³/mol. The van der Waals surface area contributed by atoms with Crippen molar-refractivity contribution in [1.29, 1.82) is 0 Å². The summed E-state index contributed by atoms with van der Waals surface area (Å²) in [4.78, 5) is 0. The molecule has 0 unspecified atom stereocenters. The van der Waals surface area contributed by atoms with Crippen molar-refractivity contribution in [1.82, 2.24) is 0 Å². The van der Waals surface area contributed by atoms with Crippen molar-refractivity contribution in [3.05, 3.63) is 108 Å². The molecule has 0 fully saturated rings. The van der Waals surface area contributed by atoms with E-state index in [-0.39, 0.29) is 0 Å². The van der Waals surface area contributed by atoms with Gasteiger partial charge in [-0.15, -0.1) is 0 Å². The Morgan fingerprint density at radius 3 is 1.16 bits per heavy atom. The zero-order chi connectivity index (χ0) is 17.4. The Hall–Kier alpha value is -1.67. The average Bonchev–Trinajstić information content (AvgIpc) is 2.64. The number of hydrogen-bond acceptors (Lipinski definition) is 1. The summed E-state index contributed by atoms with van der Waals surface area (Å²) in [6.45, 7) is 2.94. The quantitative estimate of drug-likeness (QED) is 0.465. The number of hydrogen-bond donors (Lipinski definition) is 0. The third-order valence-corrected chi connectivity index (χ3v) is 10.9. The Kier molecular flexibility index (Phi) is 6.64. The van der Waals surface area contributed by atoms with Crippen LogP contribution in [0.3, 0.4) is 0 Å². The standard InChI is InChI=1S/3C7H7.C2H5O.Ti/c3*1-7-5-3-2-4-6-7;1-2-3;/h3*2-6H,1H2;2H2,1H3;/q;;;-1;+1. The summed E-state index contributed by atoms with van der Waals surface area (Å²) >= 11 is -2.64. The van der Waals surface area contributed by atoms with E-state index in [2.05, 4.69) is 97.9 Å². The molecule has 3 aromatic carbocycles. The first-order chi connectivity index (χ1) is 12.3. The minimum atomic E-state index is -2.64. The van der Waals surface area contributed by atoms with Crippen LogP contribution in [0.1, 0.15) is 23.6 Å². The number of benzene rings is 3. The molecule has 3 rings (SSSR count). The van der Waals surface area contributed by atoms with E-state index in [9.17, 15) is 0 Å². The van der Waals surface area contributed by atoms with Gasteiger partial charge in [-0.25, -0.2) is 0 Å². The molecule has 0 aliphatic carbocycles. The second-order valence-electron chi connectivity index (χ2n) is 6.60. The van der Waals surface area contributed by atoms with E-state index in [0.29, 0.717) is 0 Å². The molecule has 0 aromatic heterocycles. The SMILES string of the molecule is CC[O][Ti]([CH2]c1ccccc1)([CH2]c1ccccc1)[CH2]c1ccccc1. The molecular formula is C23H26OTi. The van der Waals surface area contributed by atoms with E-state index < -0.39 is 17.0 Å². The molecule has 0 amide bonds. The molecule has 128 valence electrons. The van der Waals surface area contributed by atoms with Crippen LogP contribution in [-0.4, -0.2) is 6.61 Å². The van der Waals surface area contributed by atoms with Crippen molar-refractivity contribution in [3.8, 4) is 0 Å². The molecule has 0 saturated heterocycles. The topological polar surface area (TPSA) is 9.23 Å². The summed E-state index contributed by atoms with van der Waals surface area (Å²) in [5.74, 6) is 0. The van der Waals surface area contributed by atoms with Gasteiger partial charge in [-0.1, -0.05) is 0 Å². The van der Waals surface area contributed by atoms with Gasteiger partial charge >= 0.3 is 156 Å². The van der Waals surface area contributed by atoms with Gasteiger partial charge in [0.1, 0.15) is 0 Å². The van der Waals surface area contributed by atoms with Crippen LogP contribution in [-0.2, 0) is 34.5 Å². The molecule has 2 heteroatoms. The van der Waals surface area contributed by atoms with Gasteiger partial charge in [0.2, 0.25) is 0 Å². The van der Waals surface area contributed by atoms with Crippen LogP contribution in [0.15, 0.2) is 91.0 Å². The molecule has 0 saturated carbocycles. The average molecular weight is 366 g/mol. The van der Waals surface area contributed by atoms with Crippen LogP contribution in [0, 0.1) is 0 Å². The van der Waals surface area contributed by atoms with Gasteiger partial charge in [0.15, 0.2) is 0 Å². The van der Waals surface area contributed by atoms with E-state index in [4.69, 9.17) is 3.32 Å².